The number of hydrogen-bond donors (Lipinski definition) is 2. The van der Waals surface area contributed by atoms with E-state index in [1.165, 1.54) is 12.8 Å². The molecule has 0 spiro atoms. The molecule has 0 amide bonds. The van der Waals surface area contributed by atoms with Crippen LogP contribution in [-0.4, -0.2) is 28.4 Å². The Hall–Kier alpha value is -1.65. The van der Waals surface area contributed by atoms with E-state index in [1.807, 2.05) is 0 Å². The lowest BCUT2D eigenvalue weighted by Crippen LogP contribution is -2.35. The number of amidine groups is 1. The first-order chi connectivity index (χ1) is 8.57. The zero-order valence-corrected chi connectivity index (χ0v) is 11.5. The van der Waals surface area contributed by atoms with Gasteiger partial charge < -0.3 is 10.6 Å². The number of nitrogen functional groups attached to an aromatic ring is 1. The van der Waals surface area contributed by atoms with Gasteiger partial charge in [0.15, 0.2) is 5.82 Å². The van der Waals surface area contributed by atoms with Crippen LogP contribution in [0.5, 0.6) is 0 Å². The van der Waals surface area contributed by atoms with Crippen molar-refractivity contribution in [1.29, 1.82) is 5.41 Å². The molecule has 0 aliphatic rings. The third-order valence-electron chi connectivity index (χ3n) is 2.83. The Morgan fingerprint density at radius 1 is 1.33 bits per heavy atom. The van der Waals surface area contributed by atoms with E-state index < -0.39 is 0 Å². The van der Waals surface area contributed by atoms with Gasteiger partial charge in [-0.1, -0.05) is 19.8 Å². The summed E-state index contributed by atoms with van der Waals surface area (Å²) in [7, 11) is 0. The fourth-order valence-corrected chi connectivity index (χ4v) is 1.87. The maximum Gasteiger partial charge on any atom is 0.158 e. The van der Waals surface area contributed by atoms with Crippen LogP contribution in [0.15, 0.2) is 12.4 Å². The molecule has 1 rings (SSSR count). The van der Waals surface area contributed by atoms with Gasteiger partial charge in [0, 0.05) is 25.0 Å². The summed E-state index contributed by atoms with van der Waals surface area (Å²) in [6.45, 7) is 7.34. The van der Waals surface area contributed by atoms with E-state index in [0.717, 1.165) is 18.8 Å². The van der Waals surface area contributed by atoms with Crippen LogP contribution in [0.1, 0.15) is 45.7 Å². The van der Waals surface area contributed by atoms with E-state index in [9.17, 15) is 0 Å². The monoisotopic (exact) mass is 249 g/mol. The zero-order chi connectivity index (χ0) is 13.5. The molecule has 0 aromatic carbocycles. The first-order valence-electron chi connectivity index (χ1n) is 6.50. The van der Waals surface area contributed by atoms with Gasteiger partial charge in [-0.2, -0.15) is 0 Å². The number of rotatable bonds is 7. The van der Waals surface area contributed by atoms with Crippen LogP contribution < -0.4 is 10.6 Å². The largest absolute Gasteiger partial charge is 0.382 e. The Morgan fingerprint density at radius 3 is 2.56 bits per heavy atom. The van der Waals surface area contributed by atoms with Crippen LogP contribution in [-0.2, 0) is 0 Å². The SMILES string of the molecule is CCCCCN(c1nccnc1C(=N)N)C(C)C. The van der Waals surface area contributed by atoms with Crippen molar-refractivity contribution >= 4 is 11.7 Å². The van der Waals surface area contributed by atoms with Gasteiger partial charge in [-0.3, -0.25) is 5.41 Å². The molecule has 18 heavy (non-hydrogen) atoms. The standard InChI is InChI=1S/C13H23N5/c1-4-5-6-9-18(10(2)3)13-11(12(14)15)16-7-8-17-13/h7-8,10H,4-6,9H2,1-3H3,(H3,14,15). The Labute approximate surface area is 109 Å². The zero-order valence-electron chi connectivity index (χ0n) is 11.5. The lowest BCUT2D eigenvalue weighted by molar-refractivity contribution is 0.618. The topological polar surface area (TPSA) is 78.9 Å². The van der Waals surface area contributed by atoms with E-state index >= 15 is 0 Å². The molecule has 1 aromatic rings. The highest BCUT2D eigenvalue weighted by Gasteiger charge is 2.17. The summed E-state index contributed by atoms with van der Waals surface area (Å²) < 4.78 is 0. The summed E-state index contributed by atoms with van der Waals surface area (Å²) in [5.74, 6) is 0.690. The Morgan fingerprint density at radius 2 is 2.00 bits per heavy atom. The second-order valence-electron chi connectivity index (χ2n) is 4.64. The molecular formula is C13H23N5. The van der Waals surface area contributed by atoms with Gasteiger partial charge in [0.25, 0.3) is 0 Å². The number of hydrogen-bond acceptors (Lipinski definition) is 4. The molecule has 0 unspecified atom stereocenters. The van der Waals surface area contributed by atoms with Gasteiger partial charge >= 0.3 is 0 Å². The second-order valence-corrected chi connectivity index (χ2v) is 4.64. The molecule has 5 heteroatoms. The van der Waals surface area contributed by atoms with Crippen molar-refractivity contribution in [3.8, 4) is 0 Å². The summed E-state index contributed by atoms with van der Waals surface area (Å²) >= 11 is 0. The normalized spacial score (nSPS) is 10.7. The van der Waals surface area contributed by atoms with E-state index in [-0.39, 0.29) is 5.84 Å². The first kappa shape index (κ1) is 14.4. The van der Waals surface area contributed by atoms with Crippen molar-refractivity contribution in [2.24, 2.45) is 5.73 Å². The van der Waals surface area contributed by atoms with Crippen LogP contribution in [0.2, 0.25) is 0 Å². The number of unbranched alkanes of at least 4 members (excludes halogenated alkanes) is 2. The Kier molecular flexibility index (Phi) is 5.55. The van der Waals surface area contributed by atoms with Gasteiger partial charge in [-0.05, 0) is 20.3 Å². The number of aromatic nitrogens is 2. The lowest BCUT2D eigenvalue weighted by Gasteiger charge is -2.28. The average molecular weight is 249 g/mol. The Balaban J connectivity index is 2.94. The van der Waals surface area contributed by atoms with Crippen molar-refractivity contribution in [2.75, 3.05) is 11.4 Å². The maximum atomic E-state index is 7.57. The molecule has 0 aliphatic heterocycles. The molecule has 0 bridgehead atoms. The smallest absolute Gasteiger partial charge is 0.158 e. The van der Waals surface area contributed by atoms with Gasteiger partial charge in [0.1, 0.15) is 11.5 Å². The highest BCUT2D eigenvalue weighted by atomic mass is 15.2. The molecule has 5 nitrogen and oxygen atoms in total. The predicted octanol–water partition coefficient (Wildman–Crippen LogP) is 2.17. The third-order valence-corrected chi connectivity index (χ3v) is 2.83. The fraction of sp³-hybridized carbons (Fsp3) is 0.615. The summed E-state index contributed by atoms with van der Waals surface area (Å²) in [5, 5.41) is 7.57. The molecule has 1 aromatic heterocycles. The molecule has 100 valence electrons. The van der Waals surface area contributed by atoms with Gasteiger partial charge in [-0.25, -0.2) is 9.97 Å². The molecular weight excluding hydrogens is 226 g/mol. The van der Waals surface area contributed by atoms with Crippen molar-refractivity contribution in [1.82, 2.24) is 9.97 Å². The second kappa shape index (κ2) is 6.93. The number of anilines is 1. The molecule has 0 atom stereocenters. The van der Waals surface area contributed by atoms with Gasteiger partial charge in [-0.15, -0.1) is 0 Å². The van der Waals surface area contributed by atoms with E-state index in [4.69, 9.17) is 11.1 Å². The number of nitrogens with one attached hydrogen (secondary N) is 1. The van der Waals surface area contributed by atoms with E-state index in [2.05, 4.69) is 35.6 Å². The third kappa shape index (κ3) is 3.68. The quantitative estimate of drug-likeness (QED) is 0.441. The molecule has 0 saturated carbocycles. The summed E-state index contributed by atoms with van der Waals surface area (Å²) in [6, 6.07) is 0.316. The number of nitrogens with two attached hydrogens (primary N) is 1. The van der Waals surface area contributed by atoms with E-state index in [0.29, 0.717) is 11.7 Å². The summed E-state index contributed by atoms with van der Waals surface area (Å²) in [4.78, 5) is 10.7. The van der Waals surface area contributed by atoms with Crippen LogP contribution in [0.3, 0.4) is 0 Å². The molecule has 0 aliphatic carbocycles. The Bertz CT molecular complexity index is 389. The number of nitrogens with zero attached hydrogens (tertiary/aromatic N) is 3. The highest BCUT2D eigenvalue weighted by Crippen LogP contribution is 2.18. The van der Waals surface area contributed by atoms with Crippen LogP contribution in [0, 0.1) is 5.41 Å². The van der Waals surface area contributed by atoms with Crippen molar-refractivity contribution in [3.05, 3.63) is 18.1 Å². The lowest BCUT2D eigenvalue weighted by atomic mass is 10.2. The maximum absolute atomic E-state index is 7.57. The minimum Gasteiger partial charge on any atom is -0.382 e. The molecule has 0 radical (unpaired) electrons. The highest BCUT2D eigenvalue weighted by molar-refractivity contribution is 5.97. The van der Waals surface area contributed by atoms with Crippen molar-refractivity contribution in [3.63, 3.8) is 0 Å². The van der Waals surface area contributed by atoms with Crippen LogP contribution >= 0.6 is 0 Å². The molecule has 1 heterocycles. The molecule has 0 fully saturated rings. The molecule has 0 saturated heterocycles. The summed E-state index contributed by atoms with van der Waals surface area (Å²) in [6.07, 6.45) is 6.72. The van der Waals surface area contributed by atoms with Crippen molar-refractivity contribution < 1.29 is 0 Å². The molecule has 3 N–H and O–H groups in total. The minimum atomic E-state index is -0.0285. The van der Waals surface area contributed by atoms with E-state index in [1.54, 1.807) is 12.4 Å². The summed E-state index contributed by atoms with van der Waals surface area (Å²) in [5.41, 5.74) is 6.04. The first-order valence-corrected chi connectivity index (χ1v) is 6.50. The predicted molar refractivity (Wildman–Crippen MR) is 75.1 cm³/mol. The minimum absolute atomic E-state index is 0.0285. The van der Waals surface area contributed by atoms with Gasteiger partial charge in [0.2, 0.25) is 0 Å². The van der Waals surface area contributed by atoms with Crippen LogP contribution in [0.4, 0.5) is 5.82 Å². The van der Waals surface area contributed by atoms with Gasteiger partial charge in [0.05, 0.1) is 0 Å². The van der Waals surface area contributed by atoms with Crippen LogP contribution in [0.25, 0.3) is 0 Å². The fourth-order valence-electron chi connectivity index (χ4n) is 1.87. The van der Waals surface area contributed by atoms with Crippen molar-refractivity contribution in [2.45, 2.75) is 46.1 Å². The average Bonchev–Trinajstić information content (AvgIpc) is 2.34.